The van der Waals surface area contributed by atoms with Crippen molar-refractivity contribution in [2.45, 2.75) is 40.9 Å². The summed E-state index contributed by atoms with van der Waals surface area (Å²) in [5.41, 5.74) is 0. The Morgan fingerprint density at radius 2 is 0.760 bits per heavy atom. The number of alkyl halides is 15. The molecule has 0 radical (unpaired) electrons. The van der Waals surface area contributed by atoms with Crippen LogP contribution in [0.25, 0.3) is 0 Å². The van der Waals surface area contributed by atoms with Crippen LogP contribution in [-0.4, -0.2) is 47.0 Å². The number of hydrogen-bond acceptors (Lipinski definition) is 1. The molecule has 0 aromatic heterocycles. The molecule has 25 heavy (non-hydrogen) atoms. The average molecular weight is 433 g/mol. The summed E-state index contributed by atoms with van der Waals surface area (Å²) >= 11 is 3.33. The summed E-state index contributed by atoms with van der Waals surface area (Å²) in [6.07, 6.45) is 0. The van der Waals surface area contributed by atoms with Gasteiger partial charge >= 0.3 is 47.0 Å². The Kier molecular flexibility index (Phi) is 5.46. The van der Waals surface area contributed by atoms with Gasteiger partial charge in [-0.15, -0.1) is 0 Å². The van der Waals surface area contributed by atoms with E-state index >= 15 is 0 Å². The quantitative estimate of drug-likeness (QED) is 0.310. The number of carbonyl (C=O) groups excluding carboxylic acids is 1. The second-order valence-electron chi connectivity index (χ2n) is 4.22. The molecule has 0 rings (SSSR count). The highest BCUT2D eigenvalue weighted by Gasteiger charge is 2.93. The highest BCUT2D eigenvalue weighted by molar-refractivity contribution is 6.22. The minimum absolute atomic E-state index is 3.33. The van der Waals surface area contributed by atoms with E-state index in [9.17, 15) is 70.7 Å². The summed E-state index contributed by atoms with van der Waals surface area (Å²) in [5.74, 6) is -48.0. The van der Waals surface area contributed by atoms with Crippen LogP contribution < -0.4 is 0 Å². The van der Waals surface area contributed by atoms with Crippen LogP contribution in [0, 0.1) is 0 Å². The minimum Gasteiger partial charge on any atom is -0.254 e. The summed E-state index contributed by atoms with van der Waals surface area (Å²) in [6, 6.07) is -4.73. The Morgan fingerprint density at radius 3 is 1.00 bits per heavy atom. The van der Waals surface area contributed by atoms with Crippen molar-refractivity contribution in [2.75, 3.05) is 0 Å². The van der Waals surface area contributed by atoms with Crippen LogP contribution >= 0.6 is 11.6 Å². The Bertz CT molecular complexity index is 532. The summed E-state index contributed by atoms with van der Waals surface area (Å²) in [7, 11) is 0. The van der Waals surface area contributed by atoms with Gasteiger partial charge in [0, 0.05) is 0 Å². The fourth-order valence-corrected chi connectivity index (χ4v) is 1.21. The number of hydrogen-bond donors (Lipinski definition) is 0. The topological polar surface area (TPSA) is 17.1 Å². The maximum absolute atomic E-state index is 12.9. The highest BCUT2D eigenvalue weighted by atomic mass is 35.5. The van der Waals surface area contributed by atoms with Gasteiger partial charge in [-0.3, -0.25) is 4.79 Å². The lowest BCUT2D eigenvalue weighted by molar-refractivity contribution is -0.432. The van der Waals surface area contributed by atoms with Crippen LogP contribution in [0.4, 0.5) is 65.9 Å². The van der Waals surface area contributed by atoms with Gasteiger partial charge in [-0.05, 0) is 11.6 Å². The normalized spacial score (nSPS) is 16.2. The molecule has 0 bridgehead atoms. The molecule has 0 heterocycles. The largest absolute Gasteiger partial charge is 0.404 e. The molecule has 0 spiro atoms. The molecule has 150 valence electrons. The second-order valence-corrected chi connectivity index (χ2v) is 4.69. The lowest BCUT2D eigenvalue weighted by Crippen LogP contribution is -2.73. The van der Waals surface area contributed by atoms with E-state index in [1.165, 1.54) is 0 Å². The van der Waals surface area contributed by atoms with Crippen LogP contribution in [0.5, 0.6) is 0 Å². The molecule has 0 aliphatic carbocycles. The number of halogens is 16. The molecule has 0 aliphatic heterocycles. The fourth-order valence-electron chi connectivity index (χ4n) is 1.09. The van der Waals surface area contributed by atoms with Crippen molar-refractivity contribution in [3.05, 3.63) is 0 Å². The second kappa shape index (κ2) is 5.70. The first-order chi connectivity index (χ1) is 10.4. The third kappa shape index (κ3) is 2.89. The molecule has 17 heteroatoms. The molecular weight excluding hydrogens is 433 g/mol. The molecule has 0 aliphatic rings. The van der Waals surface area contributed by atoms with Crippen molar-refractivity contribution in [2.24, 2.45) is 0 Å². The number of rotatable bonds is 7. The average Bonchev–Trinajstić information content (AvgIpc) is 2.35. The van der Waals surface area contributed by atoms with Crippen LogP contribution in [0.1, 0.15) is 0 Å². The predicted molar refractivity (Wildman–Crippen MR) is 46.6 cm³/mol. The molecule has 0 saturated carbocycles. The first-order valence-electron chi connectivity index (χ1n) is 4.98. The number of carbonyl (C=O) groups is 1. The summed E-state index contributed by atoms with van der Waals surface area (Å²) in [4.78, 5) is 9.54. The molecule has 0 N–H and O–H groups in total. The lowest BCUT2D eigenvalue weighted by Gasteiger charge is -2.40. The van der Waals surface area contributed by atoms with Crippen LogP contribution in [-0.2, 0) is 4.79 Å². The zero-order chi connectivity index (χ0) is 21.1. The summed E-state index contributed by atoms with van der Waals surface area (Å²) in [6.45, 7) is 0. The predicted octanol–water partition coefficient (Wildman–Crippen LogP) is 5.13. The first-order valence-corrected chi connectivity index (χ1v) is 5.36. The van der Waals surface area contributed by atoms with E-state index in [1.807, 2.05) is 0 Å². The molecule has 0 amide bonds. The van der Waals surface area contributed by atoms with Gasteiger partial charge in [-0.25, -0.2) is 0 Å². The van der Waals surface area contributed by atoms with Crippen LogP contribution in [0.3, 0.4) is 0 Å². The summed E-state index contributed by atoms with van der Waals surface area (Å²) in [5, 5.41) is -6.75. The maximum Gasteiger partial charge on any atom is 0.404 e. The zero-order valence-corrected chi connectivity index (χ0v) is 11.2. The van der Waals surface area contributed by atoms with Gasteiger partial charge < -0.3 is 0 Å². The highest BCUT2D eigenvalue weighted by Crippen LogP contribution is 2.62. The van der Waals surface area contributed by atoms with Crippen molar-refractivity contribution in [3.8, 4) is 0 Å². The zero-order valence-electron chi connectivity index (χ0n) is 10.5. The van der Waals surface area contributed by atoms with Gasteiger partial charge in [0.1, 0.15) is 0 Å². The third-order valence-electron chi connectivity index (χ3n) is 2.57. The monoisotopic (exact) mass is 432 g/mol. The van der Waals surface area contributed by atoms with E-state index in [2.05, 4.69) is 11.6 Å². The Morgan fingerprint density at radius 1 is 0.520 bits per heavy atom. The van der Waals surface area contributed by atoms with Crippen molar-refractivity contribution in [1.29, 1.82) is 0 Å². The molecule has 0 aromatic rings. The smallest absolute Gasteiger partial charge is 0.254 e. The Labute approximate surface area is 130 Å². The van der Waals surface area contributed by atoms with E-state index in [1.54, 1.807) is 0 Å². The summed E-state index contributed by atoms with van der Waals surface area (Å²) < 4.78 is 188. The van der Waals surface area contributed by atoms with Crippen LogP contribution in [0.15, 0.2) is 0 Å². The molecule has 0 saturated heterocycles. The van der Waals surface area contributed by atoms with E-state index in [4.69, 9.17) is 0 Å². The van der Waals surface area contributed by atoms with Crippen molar-refractivity contribution < 1.29 is 70.7 Å². The first kappa shape index (κ1) is 23.9. The van der Waals surface area contributed by atoms with Gasteiger partial charge in [-0.1, -0.05) is 0 Å². The van der Waals surface area contributed by atoms with Gasteiger partial charge in [0.2, 0.25) is 0 Å². The van der Waals surface area contributed by atoms with Crippen molar-refractivity contribution in [1.82, 2.24) is 0 Å². The van der Waals surface area contributed by atoms with E-state index < -0.39 is 47.0 Å². The Hall–Kier alpha value is -1.09. The van der Waals surface area contributed by atoms with Gasteiger partial charge in [-0.2, -0.15) is 65.9 Å². The van der Waals surface area contributed by atoms with Gasteiger partial charge in [0.05, 0.1) is 0 Å². The molecule has 0 fully saturated rings. The van der Waals surface area contributed by atoms with E-state index in [-0.39, 0.29) is 0 Å². The van der Waals surface area contributed by atoms with Crippen molar-refractivity contribution in [3.63, 3.8) is 0 Å². The molecule has 1 nitrogen and oxygen atoms in total. The van der Waals surface area contributed by atoms with E-state index in [0.717, 1.165) is 0 Å². The standard InChI is InChI=1S/C8ClF15O/c9-8(23,24)7(21,22)6(19,20)5(17,18)4(15,16)3(13,14)2(11,12)1(10)25. The third-order valence-corrected chi connectivity index (χ3v) is 2.81. The van der Waals surface area contributed by atoms with Crippen molar-refractivity contribution >= 4 is 17.6 Å². The SMILES string of the molecule is O=C(F)C(F)(F)C(F)(F)C(F)(F)C(F)(F)C(F)(F)C(F)(F)C(F)(F)Cl. The fraction of sp³-hybridized carbons (Fsp3) is 0.875. The maximum atomic E-state index is 12.9. The molecule has 0 aromatic carbocycles. The van der Waals surface area contributed by atoms with E-state index in [0.29, 0.717) is 0 Å². The van der Waals surface area contributed by atoms with Gasteiger partial charge in [0.25, 0.3) is 0 Å². The van der Waals surface area contributed by atoms with Crippen LogP contribution in [0.2, 0.25) is 0 Å². The van der Waals surface area contributed by atoms with Gasteiger partial charge in [0.15, 0.2) is 0 Å². The molecule has 0 unspecified atom stereocenters. The minimum atomic E-state index is -8.37. The molecule has 0 atom stereocenters. The Balaban J connectivity index is 6.55. The molecular formula is C8ClF15O. The lowest BCUT2D eigenvalue weighted by atomic mass is 9.91.